The maximum Gasteiger partial charge on any atom is 0.244 e. The molecule has 68 valence electrons. The number of rotatable bonds is 3. The van der Waals surface area contributed by atoms with Crippen molar-refractivity contribution in [3.05, 3.63) is 30.2 Å². The first kappa shape index (κ1) is 8.10. The Morgan fingerprint density at radius 2 is 2.46 bits per heavy atom. The van der Waals surface area contributed by atoms with Gasteiger partial charge in [-0.15, -0.1) is 0 Å². The molecule has 2 rings (SSSR count). The van der Waals surface area contributed by atoms with Crippen LogP contribution < -0.4 is 5.32 Å². The molecule has 1 aromatic rings. The molecule has 1 aliphatic rings. The van der Waals surface area contributed by atoms with Gasteiger partial charge in [0, 0.05) is 17.7 Å². The highest BCUT2D eigenvalue weighted by Crippen LogP contribution is 2.18. The molecule has 0 radical (unpaired) electrons. The first-order chi connectivity index (χ1) is 6.34. The average Bonchev–Trinajstić information content (AvgIpc) is 2.78. The first-order valence-corrected chi connectivity index (χ1v) is 4.35. The van der Waals surface area contributed by atoms with Crippen LogP contribution in [0, 0.1) is 0 Å². The zero-order valence-electron chi connectivity index (χ0n) is 7.19. The van der Waals surface area contributed by atoms with E-state index in [0.29, 0.717) is 6.04 Å². The summed E-state index contributed by atoms with van der Waals surface area (Å²) < 4.78 is 4.86. The van der Waals surface area contributed by atoms with Gasteiger partial charge in [0.1, 0.15) is 0 Å². The van der Waals surface area contributed by atoms with E-state index in [1.807, 2.05) is 0 Å². The standard InChI is InChI=1S/C10H11NO2/c12-10(11-9-2-3-9)4-1-8-5-6-13-7-8/h1,4-7,9H,2-3H2,(H,11,12)/b4-1+. The predicted molar refractivity (Wildman–Crippen MR) is 48.9 cm³/mol. The lowest BCUT2D eigenvalue weighted by atomic mass is 10.3. The Morgan fingerprint density at radius 3 is 3.08 bits per heavy atom. The minimum atomic E-state index is -0.0244. The van der Waals surface area contributed by atoms with Gasteiger partial charge < -0.3 is 9.73 Å². The Labute approximate surface area is 76.4 Å². The Morgan fingerprint density at radius 1 is 1.62 bits per heavy atom. The maximum absolute atomic E-state index is 11.2. The summed E-state index contributed by atoms with van der Waals surface area (Å²) in [6.45, 7) is 0. The fourth-order valence-electron chi connectivity index (χ4n) is 1.02. The fraction of sp³-hybridized carbons (Fsp3) is 0.300. The van der Waals surface area contributed by atoms with E-state index in [4.69, 9.17) is 4.42 Å². The number of carbonyl (C=O) groups excluding carboxylic acids is 1. The largest absolute Gasteiger partial charge is 0.472 e. The van der Waals surface area contributed by atoms with Crippen LogP contribution in [0.3, 0.4) is 0 Å². The third kappa shape index (κ3) is 2.47. The Kier molecular flexibility index (Phi) is 2.17. The van der Waals surface area contributed by atoms with Crippen LogP contribution in [0.15, 0.2) is 29.1 Å². The van der Waals surface area contributed by atoms with Gasteiger partial charge in [-0.25, -0.2) is 0 Å². The van der Waals surface area contributed by atoms with Gasteiger partial charge in [-0.05, 0) is 25.0 Å². The molecule has 0 spiro atoms. The van der Waals surface area contributed by atoms with Gasteiger partial charge in [0.15, 0.2) is 0 Å². The second-order valence-corrected chi connectivity index (χ2v) is 3.17. The van der Waals surface area contributed by atoms with E-state index < -0.39 is 0 Å². The molecule has 1 saturated carbocycles. The molecule has 1 amide bonds. The van der Waals surface area contributed by atoms with E-state index in [0.717, 1.165) is 18.4 Å². The molecule has 0 aliphatic heterocycles. The summed E-state index contributed by atoms with van der Waals surface area (Å²) in [6.07, 6.45) is 8.68. The Bertz CT molecular complexity index is 310. The molecular formula is C10H11NO2. The van der Waals surface area contributed by atoms with Gasteiger partial charge in [-0.2, -0.15) is 0 Å². The van der Waals surface area contributed by atoms with Gasteiger partial charge >= 0.3 is 0 Å². The van der Waals surface area contributed by atoms with E-state index in [1.54, 1.807) is 24.7 Å². The number of amides is 1. The van der Waals surface area contributed by atoms with Gasteiger partial charge in [0.05, 0.1) is 12.5 Å². The SMILES string of the molecule is O=C(/C=C/c1ccoc1)NC1CC1. The van der Waals surface area contributed by atoms with E-state index in [2.05, 4.69) is 5.32 Å². The van der Waals surface area contributed by atoms with Crippen LogP contribution in [0.1, 0.15) is 18.4 Å². The summed E-state index contributed by atoms with van der Waals surface area (Å²) in [5.41, 5.74) is 0.908. The van der Waals surface area contributed by atoms with E-state index >= 15 is 0 Å². The smallest absolute Gasteiger partial charge is 0.244 e. The third-order valence-corrected chi connectivity index (χ3v) is 1.89. The van der Waals surface area contributed by atoms with Crippen molar-refractivity contribution in [2.24, 2.45) is 0 Å². The van der Waals surface area contributed by atoms with Crippen molar-refractivity contribution in [3.8, 4) is 0 Å². The lowest BCUT2D eigenvalue weighted by Crippen LogP contribution is -2.22. The molecule has 1 aliphatic carbocycles. The van der Waals surface area contributed by atoms with Crippen molar-refractivity contribution >= 4 is 12.0 Å². The van der Waals surface area contributed by atoms with Gasteiger partial charge in [-0.3, -0.25) is 4.79 Å². The summed E-state index contributed by atoms with van der Waals surface area (Å²) in [5.74, 6) is -0.0244. The van der Waals surface area contributed by atoms with Crippen LogP contribution in [0.5, 0.6) is 0 Å². The molecule has 1 fully saturated rings. The Balaban J connectivity index is 1.85. The topological polar surface area (TPSA) is 42.2 Å². The van der Waals surface area contributed by atoms with Crippen molar-refractivity contribution in [1.29, 1.82) is 0 Å². The second kappa shape index (κ2) is 3.47. The van der Waals surface area contributed by atoms with Crippen LogP contribution >= 0.6 is 0 Å². The van der Waals surface area contributed by atoms with Crippen molar-refractivity contribution in [2.75, 3.05) is 0 Å². The van der Waals surface area contributed by atoms with Crippen LogP contribution in [0.25, 0.3) is 6.08 Å². The monoisotopic (exact) mass is 177 g/mol. The highest BCUT2D eigenvalue weighted by Gasteiger charge is 2.21. The third-order valence-electron chi connectivity index (χ3n) is 1.89. The maximum atomic E-state index is 11.2. The van der Waals surface area contributed by atoms with Gasteiger partial charge in [0.25, 0.3) is 0 Å². The highest BCUT2D eigenvalue weighted by molar-refractivity contribution is 5.91. The molecule has 1 aromatic heterocycles. The molecule has 0 bridgehead atoms. The quantitative estimate of drug-likeness (QED) is 0.712. The molecule has 0 saturated heterocycles. The zero-order chi connectivity index (χ0) is 9.10. The van der Waals surface area contributed by atoms with E-state index in [1.165, 1.54) is 6.08 Å². The van der Waals surface area contributed by atoms with Crippen molar-refractivity contribution in [1.82, 2.24) is 5.32 Å². The molecule has 3 nitrogen and oxygen atoms in total. The predicted octanol–water partition coefficient (Wildman–Crippen LogP) is 1.57. The van der Waals surface area contributed by atoms with Crippen LogP contribution in [0.4, 0.5) is 0 Å². The average molecular weight is 177 g/mol. The van der Waals surface area contributed by atoms with Crippen LogP contribution in [-0.4, -0.2) is 11.9 Å². The second-order valence-electron chi connectivity index (χ2n) is 3.17. The number of carbonyl (C=O) groups is 1. The molecule has 1 heterocycles. The minimum Gasteiger partial charge on any atom is -0.472 e. The van der Waals surface area contributed by atoms with Crippen molar-refractivity contribution < 1.29 is 9.21 Å². The molecule has 3 heteroatoms. The van der Waals surface area contributed by atoms with Gasteiger partial charge in [0.2, 0.25) is 5.91 Å². The molecule has 1 N–H and O–H groups in total. The summed E-state index contributed by atoms with van der Waals surface area (Å²) >= 11 is 0. The minimum absolute atomic E-state index is 0.0244. The van der Waals surface area contributed by atoms with E-state index in [-0.39, 0.29) is 5.91 Å². The number of hydrogen-bond acceptors (Lipinski definition) is 2. The lowest BCUT2D eigenvalue weighted by Gasteiger charge is -1.95. The molecular weight excluding hydrogens is 166 g/mol. The summed E-state index contributed by atoms with van der Waals surface area (Å²) in [6, 6.07) is 2.22. The number of furan rings is 1. The van der Waals surface area contributed by atoms with E-state index in [9.17, 15) is 4.79 Å². The van der Waals surface area contributed by atoms with Gasteiger partial charge in [-0.1, -0.05) is 0 Å². The van der Waals surface area contributed by atoms with Crippen molar-refractivity contribution in [3.63, 3.8) is 0 Å². The highest BCUT2D eigenvalue weighted by atomic mass is 16.3. The van der Waals surface area contributed by atoms with Crippen LogP contribution in [0.2, 0.25) is 0 Å². The molecule has 13 heavy (non-hydrogen) atoms. The Hall–Kier alpha value is -1.51. The van der Waals surface area contributed by atoms with Crippen LogP contribution in [-0.2, 0) is 4.79 Å². The summed E-state index contributed by atoms with van der Waals surface area (Å²) in [5, 5.41) is 2.86. The number of hydrogen-bond donors (Lipinski definition) is 1. The molecule has 0 aromatic carbocycles. The normalized spacial score (nSPS) is 16.3. The summed E-state index contributed by atoms with van der Waals surface area (Å²) in [7, 11) is 0. The van der Waals surface area contributed by atoms with Crippen molar-refractivity contribution in [2.45, 2.75) is 18.9 Å². The summed E-state index contributed by atoms with van der Waals surface area (Å²) in [4.78, 5) is 11.2. The lowest BCUT2D eigenvalue weighted by molar-refractivity contribution is -0.116. The number of nitrogens with one attached hydrogen (secondary N) is 1. The first-order valence-electron chi connectivity index (χ1n) is 4.35. The fourth-order valence-corrected chi connectivity index (χ4v) is 1.02. The molecule has 0 atom stereocenters. The molecule has 0 unspecified atom stereocenters. The zero-order valence-corrected chi connectivity index (χ0v) is 7.19.